The number of piperidine rings is 2. The molecule has 1 atom stereocenters. The predicted octanol–water partition coefficient (Wildman–Crippen LogP) is 3.88. The molecule has 8 heterocycles. The molecule has 282 valence electrons. The van der Waals surface area contributed by atoms with Gasteiger partial charge in [-0.05, 0) is 61.2 Å². The lowest BCUT2D eigenvalue weighted by Gasteiger charge is -2.35. The van der Waals surface area contributed by atoms with Gasteiger partial charge < -0.3 is 28.7 Å². The summed E-state index contributed by atoms with van der Waals surface area (Å²) >= 11 is 0. The molecule has 1 unspecified atom stereocenters. The van der Waals surface area contributed by atoms with Crippen LogP contribution in [0.5, 0.6) is 5.75 Å². The van der Waals surface area contributed by atoms with Crippen LogP contribution in [0.2, 0.25) is 0 Å². The van der Waals surface area contributed by atoms with Gasteiger partial charge in [0.05, 0.1) is 25.9 Å². The van der Waals surface area contributed by atoms with Gasteiger partial charge >= 0.3 is 0 Å². The number of pyridine rings is 2. The lowest BCUT2D eigenvalue weighted by Crippen LogP contribution is -2.52. The molecule has 2 saturated heterocycles. The van der Waals surface area contributed by atoms with E-state index in [9.17, 15) is 19.2 Å². The van der Waals surface area contributed by atoms with Crippen molar-refractivity contribution < 1.29 is 23.9 Å². The highest BCUT2D eigenvalue weighted by Crippen LogP contribution is 2.38. The van der Waals surface area contributed by atoms with E-state index >= 15 is 0 Å². The molecule has 9 rings (SSSR count). The lowest BCUT2D eigenvalue weighted by molar-refractivity contribution is -0.137. The van der Waals surface area contributed by atoms with E-state index < -0.39 is 11.9 Å². The van der Waals surface area contributed by atoms with E-state index in [0.717, 1.165) is 89.0 Å². The van der Waals surface area contributed by atoms with Crippen molar-refractivity contribution in [1.29, 1.82) is 0 Å². The molecule has 4 aliphatic rings. The van der Waals surface area contributed by atoms with Gasteiger partial charge in [-0.1, -0.05) is 0 Å². The number of methoxy groups -OCH3 is 1. The summed E-state index contributed by atoms with van der Waals surface area (Å²) in [7, 11) is 3.63. The number of imide groups is 1. The fourth-order valence-electron chi connectivity index (χ4n) is 8.58. The van der Waals surface area contributed by atoms with Gasteiger partial charge in [0.15, 0.2) is 5.82 Å². The van der Waals surface area contributed by atoms with Gasteiger partial charge in [-0.15, -0.1) is 0 Å². The summed E-state index contributed by atoms with van der Waals surface area (Å²) in [6.45, 7) is 4.73. The highest BCUT2D eigenvalue weighted by Gasteiger charge is 2.39. The number of nitrogens with one attached hydrogen (secondary N) is 1. The first-order valence-corrected chi connectivity index (χ1v) is 18.8. The van der Waals surface area contributed by atoms with E-state index in [1.54, 1.807) is 25.1 Å². The minimum atomic E-state index is -0.633. The van der Waals surface area contributed by atoms with Gasteiger partial charge in [-0.25, -0.2) is 9.97 Å². The summed E-state index contributed by atoms with van der Waals surface area (Å²) in [6.07, 6.45) is 10.4. The quantitative estimate of drug-likeness (QED) is 0.244. The molecule has 0 spiro atoms. The third-order valence-corrected chi connectivity index (χ3v) is 11.6. The van der Waals surface area contributed by atoms with Crippen molar-refractivity contribution in [3.63, 3.8) is 0 Å². The SMILES string of the molecule is COc1cn2ccnc2cc1-c1ccc(N(C)c2nn(C3CCN(c4ccc5c(c4)CN(C4CCC(=O)NC4=O)C5=O)CC3)c3c2CN(C(C)=O)CC3)nc1. The topological polar surface area (TPSA) is 151 Å². The van der Waals surface area contributed by atoms with Crippen molar-refractivity contribution in [2.24, 2.45) is 0 Å². The molecule has 1 aromatic carbocycles. The average molecular weight is 743 g/mol. The third kappa shape index (κ3) is 6.03. The van der Waals surface area contributed by atoms with Crippen LogP contribution in [0.1, 0.15) is 65.8 Å². The van der Waals surface area contributed by atoms with Crippen LogP contribution in [0.4, 0.5) is 17.3 Å². The van der Waals surface area contributed by atoms with Crippen molar-refractivity contribution in [3.05, 3.63) is 83.6 Å². The minimum Gasteiger partial charge on any atom is -0.495 e. The number of hydrogen-bond donors (Lipinski definition) is 1. The second-order valence-electron chi connectivity index (χ2n) is 14.8. The number of hydrogen-bond acceptors (Lipinski definition) is 10. The van der Waals surface area contributed by atoms with Crippen LogP contribution < -0.4 is 19.9 Å². The van der Waals surface area contributed by atoms with Crippen molar-refractivity contribution in [3.8, 4) is 16.9 Å². The fourth-order valence-corrected chi connectivity index (χ4v) is 8.58. The zero-order valence-corrected chi connectivity index (χ0v) is 31.1. The smallest absolute Gasteiger partial charge is 0.255 e. The van der Waals surface area contributed by atoms with Crippen LogP contribution in [0, 0.1) is 0 Å². The van der Waals surface area contributed by atoms with Crippen molar-refractivity contribution >= 4 is 46.6 Å². The van der Waals surface area contributed by atoms with Crippen molar-refractivity contribution in [1.82, 2.24) is 39.3 Å². The molecule has 4 aliphatic heterocycles. The van der Waals surface area contributed by atoms with E-state index in [-0.39, 0.29) is 30.2 Å². The Kier molecular flexibility index (Phi) is 8.50. The molecule has 4 aromatic heterocycles. The van der Waals surface area contributed by atoms with Gasteiger partial charge in [-0.2, -0.15) is 5.10 Å². The zero-order chi connectivity index (χ0) is 38.0. The van der Waals surface area contributed by atoms with E-state index in [1.807, 2.05) is 70.2 Å². The van der Waals surface area contributed by atoms with E-state index in [4.69, 9.17) is 14.8 Å². The summed E-state index contributed by atoms with van der Waals surface area (Å²) in [5.74, 6) is 1.43. The Morgan fingerprint density at radius 2 is 1.80 bits per heavy atom. The normalized spacial score (nSPS) is 18.8. The molecule has 15 nitrogen and oxygen atoms in total. The maximum Gasteiger partial charge on any atom is 0.255 e. The Hall–Kier alpha value is -6.25. The van der Waals surface area contributed by atoms with Crippen LogP contribution in [-0.4, -0.2) is 97.4 Å². The summed E-state index contributed by atoms with van der Waals surface area (Å²) in [5.41, 5.74) is 7.40. The second kappa shape index (κ2) is 13.6. The largest absolute Gasteiger partial charge is 0.495 e. The number of carbonyl (C=O) groups excluding carboxylic acids is 4. The molecular weight excluding hydrogens is 701 g/mol. The number of aromatic nitrogens is 5. The number of anilines is 3. The van der Waals surface area contributed by atoms with Gasteiger partial charge in [0, 0.05) is 105 Å². The summed E-state index contributed by atoms with van der Waals surface area (Å²) in [6, 6.07) is 11.5. The van der Waals surface area contributed by atoms with E-state index in [0.29, 0.717) is 31.6 Å². The predicted molar refractivity (Wildman–Crippen MR) is 203 cm³/mol. The Morgan fingerprint density at radius 1 is 0.964 bits per heavy atom. The molecule has 2 fully saturated rings. The highest BCUT2D eigenvalue weighted by atomic mass is 16.5. The molecule has 55 heavy (non-hydrogen) atoms. The zero-order valence-electron chi connectivity index (χ0n) is 31.1. The van der Waals surface area contributed by atoms with E-state index in [1.165, 1.54) is 0 Å². The van der Waals surface area contributed by atoms with Gasteiger partial charge in [0.1, 0.15) is 23.3 Å². The third-order valence-electron chi connectivity index (χ3n) is 11.6. The number of carbonyl (C=O) groups is 4. The number of fused-ring (bicyclic) bond motifs is 3. The van der Waals surface area contributed by atoms with E-state index in [2.05, 4.69) is 25.9 Å². The summed E-state index contributed by atoms with van der Waals surface area (Å²) in [5, 5.41) is 7.63. The van der Waals surface area contributed by atoms with Crippen molar-refractivity contribution in [2.75, 3.05) is 43.6 Å². The average Bonchev–Trinajstić information content (AvgIpc) is 3.92. The van der Waals surface area contributed by atoms with Crippen LogP contribution in [0.25, 0.3) is 16.8 Å². The Bertz CT molecular complexity index is 2360. The monoisotopic (exact) mass is 742 g/mol. The van der Waals surface area contributed by atoms with Crippen LogP contribution >= 0.6 is 0 Å². The molecule has 15 heteroatoms. The fraction of sp³-hybridized carbons (Fsp3) is 0.375. The van der Waals surface area contributed by atoms with Crippen LogP contribution in [-0.2, 0) is 33.9 Å². The number of amides is 4. The standard InChI is InChI=1S/C40H42N10O5/c1-24(51)47-16-12-32-31(22-47)38(45(2)35-8-4-25(20-42-35)30-19-36-41-13-17-48(36)23-34(30)55-3)44-50(32)27-10-14-46(15-11-27)28-5-6-29-26(18-28)21-49(40(29)54)33-7-9-37(52)43-39(33)53/h4-6,8,13,17-20,23,27,33H,7,9-12,14-16,21-22H2,1-3H3,(H,43,52,53). The molecule has 0 bridgehead atoms. The molecule has 4 amide bonds. The Labute approximate surface area is 317 Å². The molecule has 5 aromatic rings. The lowest BCUT2D eigenvalue weighted by atomic mass is 10.0. The number of nitrogens with zero attached hydrogens (tertiary/aromatic N) is 9. The first-order valence-electron chi connectivity index (χ1n) is 18.8. The van der Waals surface area contributed by atoms with Gasteiger partial charge in [-0.3, -0.25) is 29.2 Å². The maximum absolute atomic E-state index is 13.3. The molecule has 0 aliphatic carbocycles. The van der Waals surface area contributed by atoms with Gasteiger partial charge in [0.25, 0.3) is 5.91 Å². The second-order valence-corrected chi connectivity index (χ2v) is 14.8. The maximum atomic E-state index is 13.3. The molecule has 0 radical (unpaired) electrons. The first kappa shape index (κ1) is 34.5. The van der Waals surface area contributed by atoms with Gasteiger partial charge in [0.2, 0.25) is 17.7 Å². The molecule has 1 N–H and O–H groups in total. The minimum absolute atomic E-state index is 0.0439. The number of benzene rings is 1. The summed E-state index contributed by atoms with van der Waals surface area (Å²) < 4.78 is 9.81. The van der Waals surface area contributed by atoms with Crippen LogP contribution in [0.3, 0.4) is 0 Å². The van der Waals surface area contributed by atoms with Crippen molar-refractivity contribution in [2.45, 2.75) is 64.2 Å². The Balaban J connectivity index is 0.935. The summed E-state index contributed by atoms with van der Waals surface area (Å²) in [4.78, 5) is 67.1. The first-order chi connectivity index (χ1) is 26.7. The molecule has 0 saturated carbocycles. The number of imidazole rings is 1. The highest BCUT2D eigenvalue weighted by molar-refractivity contribution is 6.05. The number of rotatable bonds is 7. The Morgan fingerprint density at radius 3 is 2.55 bits per heavy atom. The van der Waals surface area contributed by atoms with Crippen LogP contribution in [0.15, 0.2) is 61.2 Å². The number of ether oxygens (including phenoxy) is 1. The molecular formula is C40H42N10O5.